The molecule has 1 heterocycles. The topological polar surface area (TPSA) is 73.9 Å². The highest BCUT2D eigenvalue weighted by atomic mass is 28.4. The fourth-order valence-corrected chi connectivity index (χ4v) is 5.41. The third-order valence-electron chi connectivity index (χ3n) is 7.49. The molecule has 0 radical (unpaired) electrons. The maximum atomic E-state index is 12.9. The number of ketones is 1. The third kappa shape index (κ3) is 4.69. The van der Waals surface area contributed by atoms with Gasteiger partial charge in [-0.05, 0) is 47.3 Å². The van der Waals surface area contributed by atoms with Gasteiger partial charge in [0, 0.05) is 5.92 Å². The number of hydrogen-bond acceptors (Lipinski definition) is 5. The second kappa shape index (κ2) is 9.28. The predicted molar refractivity (Wildman–Crippen MR) is 134 cm³/mol. The van der Waals surface area contributed by atoms with Crippen LogP contribution in [0.2, 0.25) is 18.1 Å². The molecule has 0 aromatic heterocycles. The molecule has 34 heavy (non-hydrogen) atoms. The molecule has 1 saturated heterocycles. The van der Waals surface area contributed by atoms with E-state index in [9.17, 15) is 9.59 Å². The summed E-state index contributed by atoms with van der Waals surface area (Å²) in [6, 6.07) is 15.6. The normalized spacial score (nSPS) is 22.4. The fourth-order valence-electron chi connectivity index (χ4n) is 4.41. The van der Waals surface area contributed by atoms with Gasteiger partial charge in [0.25, 0.3) is 0 Å². The molecule has 182 valence electrons. The van der Waals surface area contributed by atoms with Crippen LogP contribution in [0.1, 0.15) is 44.7 Å². The molecule has 0 saturated carbocycles. The Bertz CT molecular complexity index is 1030. The van der Waals surface area contributed by atoms with Gasteiger partial charge in [-0.15, -0.1) is 0 Å². The van der Waals surface area contributed by atoms with Gasteiger partial charge in [-0.25, -0.2) is 4.79 Å². The van der Waals surface area contributed by atoms with Crippen LogP contribution in [0.4, 0.5) is 4.79 Å². The smallest absolute Gasteiger partial charge is 0.407 e. The van der Waals surface area contributed by atoms with Crippen LogP contribution in [-0.4, -0.2) is 51.7 Å². The monoisotopic (exact) mass is 481 g/mol. The molecule has 0 unspecified atom stereocenters. The van der Waals surface area contributed by atoms with Crippen LogP contribution in [0.25, 0.3) is 11.1 Å². The van der Waals surface area contributed by atoms with E-state index in [1.54, 1.807) is 6.92 Å². The number of fused-ring (bicyclic) bond motifs is 3. The lowest BCUT2D eigenvalue weighted by atomic mass is 9.98. The fraction of sp³-hybridized carbons (Fsp3) is 0.481. The van der Waals surface area contributed by atoms with Crippen molar-refractivity contribution in [2.45, 2.75) is 70.0 Å². The van der Waals surface area contributed by atoms with E-state index in [1.807, 2.05) is 24.3 Å². The first-order chi connectivity index (χ1) is 16.0. The summed E-state index contributed by atoms with van der Waals surface area (Å²) in [5.74, 6) is -0.198. The molecular weight excluding hydrogens is 446 g/mol. The molecule has 1 N–H and O–H groups in total. The van der Waals surface area contributed by atoms with Crippen molar-refractivity contribution in [1.82, 2.24) is 5.32 Å². The van der Waals surface area contributed by atoms with Gasteiger partial charge >= 0.3 is 6.09 Å². The number of benzene rings is 2. The van der Waals surface area contributed by atoms with Crippen molar-refractivity contribution in [1.29, 1.82) is 0 Å². The Kier molecular flexibility index (Phi) is 6.73. The Morgan fingerprint density at radius 3 is 2.12 bits per heavy atom. The molecular formula is C27H35NO5Si. The number of hydrogen-bond donors (Lipinski definition) is 1. The molecule has 2 aromatic rings. The van der Waals surface area contributed by atoms with Crippen LogP contribution in [0.5, 0.6) is 0 Å². The van der Waals surface area contributed by atoms with Gasteiger partial charge in [0.05, 0.1) is 12.7 Å². The van der Waals surface area contributed by atoms with Crippen LogP contribution >= 0.6 is 0 Å². The molecule has 0 bridgehead atoms. The molecule has 1 fully saturated rings. The minimum absolute atomic E-state index is 0.0307. The summed E-state index contributed by atoms with van der Waals surface area (Å²) in [5, 5.41) is 2.77. The van der Waals surface area contributed by atoms with E-state index in [0.717, 1.165) is 11.1 Å². The average Bonchev–Trinajstić information content (AvgIpc) is 3.24. The molecule has 1 amide bonds. The van der Waals surface area contributed by atoms with Gasteiger partial charge in [-0.3, -0.25) is 4.79 Å². The van der Waals surface area contributed by atoms with Crippen LogP contribution in [-0.2, 0) is 18.7 Å². The van der Waals surface area contributed by atoms with E-state index in [1.165, 1.54) is 11.1 Å². The Morgan fingerprint density at radius 2 is 1.56 bits per heavy atom. The number of carbonyl (C=O) groups excluding carboxylic acids is 2. The first-order valence-corrected chi connectivity index (χ1v) is 14.8. The Labute approximate surface area is 203 Å². The highest BCUT2D eigenvalue weighted by molar-refractivity contribution is 6.74. The van der Waals surface area contributed by atoms with E-state index >= 15 is 0 Å². The van der Waals surface area contributed by atoms with Crippen LogP contribution in [0, 0.1) is 0 Å². The Morgan fingerprint density at radius 1 is 1.00 bits per heavy atom. The lowest BCUT2D eigenvalue weighted by molar-refractivity contribution is -0.124. The maximum absolute atomic E-state index is 12.9. The molecule has 1 aliphatic carbocycles. The summed E-state index contributed by atoms with van der Waals surface area (Å²) < 4.78 is 17.6. The standard InChI is InChI=1S/C27H35NO5Si/c1-17-24(25(29)23(33-17)16-32-34(5,6)27(2,3)4)28-26(30)31-15-22-20-13-9-7-11-18(20)19-12-8-10-14-21(19)22/h7-14,17,22-24H,15-16H2,1-6H3,(H,28,30)/t17-,23-,24+/m1/s1. The maximum Gasteiger partial charge on any atom is 0.407 e. The third-order valence-corrected chi connectivity index (χ3v) is 12.0. The van der Waals surface area contributed by atoms with E-state index in [-0.39, 0.29) is 30.0 Å². The number of rotatable bonds is 6. The van der Waals surface area contributed by atoms with Crippen molar-refractivity contribution in [3.63, 3.8) is 0 Å². The van der Waals surface area contributed by atoms with Gasteiger partial charge < -0.3 is 19.2 Å². The minimum atomic E-state index is -2.01. The molecule has 7 heteroatoms. The molecule has 2 aliphatic rings. The first kappa shape index (κ1) is 24.6. The van der Waals surface area contributed by atoms with Gasteiger partial charge in [0.1, 0.15) is 18.8 Å². The number of amides is 1. The van der Waals surface area contributed by atoms with E-state index in [2.05, 4.69) is 63.4 Å². The second-order valence-electron chi connectivity index (χ2n) is 10.8. The molecule has 1 aliphatic heterocycles. The molecule has 3 atom stereocenters. The Balaban J connectivity index is 1.35. The minimum Gasteiger partial charge on any atom is -0.449 e. The van der Waals surface area contributed by atoms with E-state index in [4.69, 9.17) is 13.9 Å². The first-order valence-electron chi connectivity index (χ1n) is 11.9. The van der Waals surface area contributed by atoms with Gasteiger partial charge in [0.15, 0.2) is 14.1 Å². The van der Waals surface area contributed by atoms with Crippen LogP contribution in [0.15, 0.2) is 48.5 Å². The molecule has 2 aromatic carbocycles. The Hall–Kier alpha value is -2.48. The van der Waals surface area contributed by atoms with E-state index in [0.29, 0.717) is 0 Å². The van der Waals surface area contributed by atoms with Crippen molar-refractivity contribution < 1.29 is 23.5 Å². The zero-order chi connectivity index (χ0) is 24.7. The summed E-state index contributed by atoms with van der Waals surface area (Å²) in [5.41, 5.74) is 4.63. The largest absolute Gasteiger partial charge is 0.449 e. The van der Waals surface area contributed by atoms with Crippen molar-refractivity contribution in [2.24, 2.45) is 0 Å². The van der Waals surface area contributed by atoms with Gasteiger partial charge in [-0.1, -0.05) is 69.3 Å². The SMILES string of the molecule is C[C@H]1O[C@H](CO[Si](C)(C)C(C)(C)C)C(=O)[C@H]1NC(=O)OCC1c2ccccc2-c2ccccc21. The van der Waals surface area contributed by atoms with Gasteiger partial charge in [0.2, 0.25) is 0 Å². The van der Waals surface area contributed by atoms with Crippen molar-refractivity contribution in [3.8, 4) is 11.1 Å². The van der Waals surface area contributed by atoms with Crippen molar-refractivity contribution in [2.75, 3.05) is 13.2 Å². The lowest BCUT2D eigenvalue weighted by Crippen LogP contribution is -2.46. The summed E-state index contributed by atoms with van der Waals surface area (Å²) in [7, 11) is -2.01. The molecule has 4 rings (SSSR count). The average molecular weight is 482 g/mol. The molecule has 6 nitrogen and oxygen atoms in total. The lowest BCUT2D eigenvalue weighted by Gasteiger charge is -2.36. The van der Waals surface area contributed by atoms with Gasteiger partial charge in [-0.2, -0.15) is 0 Å². The number of nitrogens with one attached hydrogen (secondary N) is 1. The molecule has 0 spiro atoms. The van der Waals surface area contributed by atoms with Crippen LogP contribution in [0.3, 0.4) is 0 Å². The summed E-state index contributed by atoms with van der Waals surface area (Å²) >= 11 is 0. The number of ether oxygens (including phenoxy) is 2. The van der Waals surface area contributed by atoms with E-state index < -0.39 is 32.7 Å². The summed E-state index contributed by atoms with van der Waals surface area (Å²) in [6.45, 7) is 12.9. The zero-order valence-corrected chi connectivity index (χ0v) is 21.9. The number of alkyl carbamates (subject to hydrolysis) is 1. The van der Waals surface area contributed by atoms with Crippen molar-refractivity contribution >= 4 is 20.2 Å². The zero-order valence-electron chi connectivity index (χ0n) is 20.9. The summed E-state index contributed by atoms with van der Waals surface area (Å²) in [4.78, 5) is 25.6. The highest BCUT2D eigenvalue weighted by Crippen LogP contribution is 2.44. The highest BCUT2D eigenvalue weighted by Gasteiger charge is 2.45. The quantitative estimate of drug-likeness (QED) is 0.569. The number of Topliss-reactive ketones (excluding diaryl/α,β-unsaturated/α-hetero) is 1. The number of carbonyl (C=O) groups is 2. The van der Waals surface area contributed by atoms with Crippen molar-refractivity contribution in [3.05, 3.63) is 59.7 Å². The predicted octanol–water partition coefficient (Wildman–Crippen LogP) is 5.27. The second-order valence-corrected chi connectivity index (χ2v) is 15.6. The van der Waals surface area contributed by atoms with Crippen LogP contribution < -0.4 is 5.32 Å². The summed E-state index contributed by atoms with van der Waals surface area (Å²) in [6.07, 6.45) is -1.73.